The van der Waals surface area contributed by atoms with Gasteiger partial charge in [-0.25, -0.2) is 4.98 Å². The van der Waals surface area contributed by atoms with Crippen LogP contribution < -0.4 is 25.8 Å². The lowest BCUT2D eigenvalue weighted by Crippen LogP contribution is -2.36. The molecule has 0 fully saturated rings. The van der Waals surface area contributed by atoms with Gasteiger partial charge in [-0.2, -0.15) is 4.68 Å². The third-order valence-corrected chi connectivity index (χ3v) is 6.14. The van der Waals surface area contributed by atoms with Crippen LogP contribution in [0.5, 0.6) is 11.5 Å². The largest absolute Gasteiger partial charge is 0.497 e. The molecule has 0 radical (unpaired) electrons. The van der Waals surface area contributed by atoms with E-state index >= 15 is 0 Å². The van der Waals surface area contributed by atoms with Crippen molar-refractivity contribution in [3.05, 3.63) is 88.7 Å². The van der Waals surface area contributed by atoms with Crippen LogP contribution in [0.1, 0.15) is 5.56 Å². The van der Waals surface area contributed by atoms with Gasteiger partial charge in [0.25, 0.3) is 5.56 Å². The highest BCUT2D eigenvalue weighted by atomic mass is 32.2. The summed E-state index contributed by atoms with van der Waals surface area (Å²) in [6.07, 6.45) is 0.0837. The first-order valence-electron chi connectivity index (χ1n) is 11.0. The quantitative estimate of drug-likeness (QED) is 0.265. The number of nitrogens with one attached hydrogen (secondary N) is 2. The van der Waals surface area contributed by atoms with E-state index in [1.807, 2.05) is 30.3 Å². The Morgan fingerprint density at radius 2 is 1.69 bits per heavy atom. The Morgan fingerprint density at radius 3 is 2.44 bits per heavy atom. The van der Waals surface area contributed by atoms with Crippen molar-refractivity contribution in [2.75, 3.05) is 30.7 Å². The predicted molar refractivity (Wildman–Crippen MR) is 139 cm³/mol. The van der Waals surface area contributed by atoms with Gasteiger partial charge < -0.3 is 14.8 Å². The number of carbonyl (C=O) groups is 2. The standard InChI is InChI=1S/C26H24N4O5S/c1-34-18-12-13-22(35-2)21(15-18)27-24(32)16-36-26-28-20-11-7-6-10-19(20)25(33)30(26)29-23(31)14-17-8-4-3-5-9-17/h3-13,15H,14,16H2,1-2H3,(H,27,32)(H,29,31). The average molecular weight is 505 g/mol. The van der Waals surface area contributed by atoms with E-state index in [1.165, 1.54) is 14.2 Å². The summed E-state index contributed by atoms with van der Waals surface area (Å²) >= 11 is 1.03. The molecule has 184 valence electrons. The highest BCUT2D eigenvalue weighted by Crippen LogP contribution is 2.29. The molecule has 2 N–H and O–H groups in total. The number of aromatic nitrogens is 2. The van der Waals surface area contributed by atoms with E-state index in [2.05, 4.69) is 15.7 Å². The number of fused-ring (bicyclic) bond motifs is 1. The van der Waals surface area contributed by atoms with Crippen LogP contribution in [0.3, 0.4) is 0 Å². The van der Waals surface area contributed by atoms with Crippen LogP contribution in [0.15, 0.2) is 82.7 Å². The number of rotatable bonds is 9. The molecule has 0 saturated carbocycles. The van der Waals surface area contributed by atoms with Gasteiger partial charge in [0.15, 0.2) is 5.16 Å². The van der Waals surface area contributed by atoms with Crippen molar-refractivity contribution in [2.24, 2.45) is 0 Å². The third-order valence-electron chi connectivity index (χ3n) is 5.20. The molecule has 10 heteroatoms. The van der Waals surface area contributed by atoms with Crippen LogP contribution in [-0.4, -0.2) is 41.4 Å². The van der Waals surface area contributed by atoms with Crippen molar-refractivity contribution >= 4 is 40.2 Å². The highest BCUT2D eigenvalue weighted by Gasteiger charge is 2.16. The van der Waals surface area contributed by atoms with Gasteiger partial charge in [-0.3, -0.25) is 19.8 Å². The maximum atomic E-state index is 13.2. The van der Waals surface area contributed by atoms with Crippen LogP contribution in [0.25, 0.3) is 10.9 Å². The zero-order valence-electron chi connectivity index (χ0n) is 19.7. The number of ether oxygens (including phenoxy) is 2. The first kappa shape index (κ1) is 24.8. The maximum Gasteiger partial charge on any atom is 0.281 e. The highest BCUT2D eigenvalue weighted by molar-refractivity contribution is 7.99. The van der Waals surface area contributed by atoms with Crippen molar-refractivity contribution in [3.8, 4) is 11.5 Å². The number of anilines is 1. The molecule has 2 amide bonds. The van der Waals surface area contributed by atoms with Crippen LogP contribution in [0, 0.1) is 0 Å². The molecule has 0 aliphatic rings. The smallest absolute Gasteiger partial charge is 0.281 e. The fraction of sp³-hybridized carbons (Fsp3) is 0.154. The number of thioether (sulfide) groups is 1. The summed E-state index contributed by atoms with van der Waals surface area (Å²) in [6, 6.07) is 21.1. The second-order valence-electron chi connectivity index (χ2n) is 7.65. The number of carbonyl (C=O) groups excluding carboxylic acids is 2. The van der Waals surface area contributed by atoms with Crippen LogP contribution in [0.4, 0.5) is 5.69 Å². The van der Waals surface area contributed by atoms with Crippen LogP contribution in [0.2, 0.25) is 0 Å². The molecule has 0 saturated heterocycles. The Hall–Kier alpha value is -4.31. The molecule has 1 aromatic heterocycles. The van der Waals surface area contributed by atoms with E-state index in [0.717, 1.165) is 22.0 Å². The first-order valence-corrected chi connectivity index (χ1v) is 12.0. The van der Waals surface area contributed by atoms with Gasteiger partial charge in [0.05, 0.1) is 43.0 Å². The fourth-order valence-corrected chi connectivity index (χ4v) is 4.23. The fourth-order valence-electron chi connectivity index (χ4n) is 3.48. The molecule has 36 heavy (non-hydrogen) atoms. The van der Waals surface area contributed by atoms with E-state index in [4.69, 9.17) is 9.47 Å². The molecule has 3 aromatic carbocycles. The summed E-state index contributed by atoms with van der Waals surface area (Å²) in [7, 11) is 3.03. The monoisotopic (exact) mass is 504 g/mol. The van der Waals surface area contributed by atoms with E-state index in [-0.39, 0.29) is 29.1 Å². The predicted octanol–water partition coefficient (Wildman–Crippen LogP) is 3.46. The summed E-state index contributed by atoms with van der Waals surface area (Å²) in [6.45, 7) is 0. The van der Waals surface area contributed by atoms with E-state index in [1.54, 1.807) is 42.5 Å². The van der Waals surface area contributed by atoms with Gasteiger partial charge in [0, 0.05) is 6.07 Å². The zero-order valence-corrected chi connectivity index (χ0v) is 20.5. The number of hydrogen-bond donors (Lipinski definition) is 2. The summed E-state index contributed by atoms with van der Waals surface area (Å²) in [5.74, 6) is 0.233. The lowest BCUT2D eigenvalue weighted by Gasteiger charge is -2.15. The number of nitrogens with zero attached hydrogens (tertiary/aromatic N) is 2. The second kappa shape index (κ2) is 11.4. The number of methoxy groups -OCH3 is 2. The minimum absolute atomic E-state index is 0.0697. The van der Waals surface area contributed by atoms with Gasteiger partial charge in [0.2, 0.25) is 11.8 Å². The SMILES string of the molecule is COc1ccc(OC)c(NC(=O)CSc2nc3ccccc3c(=O)n2NC(=O)Cc2ccccc2)c1. The minimum Gasteiger partial charge on any atom is -0.497 e. The lowest BCUT2D eigenvalue weighted by atomic mass is 10.1. The number of hydrogen-bond acceptors (Lipinski definition) is 7. The molecule has 4 aromatic rings. The molecule has 1 heterocycles. The normalized spacial score (nSPS) is 10.6. The van der Waals surface area contributed by atoms with E-state index in [9.17, 15) is 14.4 Å². The maximum absolute atomic E-state index is 13.2. The Bertz CT molecular complexity index is 1460. The second-order valence-corrected chi connectivity index (χ2v) is 8.60. The van der Waals surface area contributed by atoms with Gasteiger partial charge in [-0.05, 0) is 29.8 Å². The van der Waals surface area contributed by atoms with Gasteiger partial charge in [-0.15, -0.1) is 0 Å². The molecule has 0 atom stereocenters. The Balaban J connectivity index is 1.56. The van der Waals surface area contributed by atoms with Crippen molar-refractivity contribution in [1.82, 2.24) is 9.66 Å². The number of benzene rings is 3. The Morgan fingerprint density at radius 1 is 0.944 bits per heavy atom. The van der Waals surface area contributed by atoms with Crippen molar-refractivity contribution in [3.63, 3.8) is 0 Å². The topological polar surface area (TPSA) is 112 Å². The number of para-hydroxylation sites is 1. The molecule has 0 bridgehead atoms. The van der Waals surface area contributed by atoms with Gasteiger partial charge in [0.1, 0.15) is 11.5 Å². The van der Waals surface area contributed by atoms with E-state index < -0.39 is 5.56 Å². The van der Waals surface area contributed by atoms with Crippen molar-refractivity contribution < 1.29 is 19.1 Å². The average Bonchev–Trinajstić information content (AvgIpc) is 2.90. The zero-order chi connectivity index (χ0) is 25.5. The molecular formula is C26H24N4O5S. The van der Waals surface area contributed by atoms with Crippen LogP contribution >= 0.6 is 11.8 Å². The third kappa shape index (κ3) is 5.84. The van der Waals surface area contributed by atoms with Gasteiger partial charge in [-0.1, -0.05) is 54.2 Å². The van der Waals surface area contributed by atoms with Gasteiger partial charge >= 0.3 is 0 Å². The first-order chi connectivity index (χ1) is 17.5. The van der Waals surface area contributed by atoms with E-state index in [0.29, 0.717) is 28.1 Å². The summed E-state index contributed by atoms with van der Waals surface area (Å²) in [5, 5.41) is 3.33. The summed E-state index contributed by atoms with van der Waals surface area (Å²) in [4.78, 5) is 43.2. The van der Waals surface area contributed by atoms with Crippen molar-refractivity contribution in [1.29, 1.82) is 0 Å². The summed E-state index contributed by atoms with van der Waals surface area (Å²) < 4.78 is 11.6. The minimum atomic E-state index is -0.431. The summed E-state index contributed by atoms with van der Waals surface area (Å²) in [5.41, 5.74) is 3.92. The molecule has 9 nitrogen and oxygen atoms in total. The molecule has 0 unspecified atom stereocenters. The Kier molecular flexibility index (Phi) is 7.86. The lowest BCUT2D eigenvalue weighted by molar-refractivity contribution is -0.116. The Labute approximate surface area is 211 Å². The molecule has 0 aliphatic heterocycles. The molecular weight excluding hydrogens is 480 g/mol. The van der Waals surface area contributed by atoms with Crippen LogP contribution in [-0.2, 0) is 16.0 Å². The number of amides is 2. The molecule has 0 aliphatic carbocycles. The van der Waals surface area contributed by atoms with Crippen molar-refractivity contribution in [2.45, 2.75) is 11.6 Å². The molecule has 0 spiro atoms. The molecule has 4 rings (SSSR count).